The molecule has 1 aromatic rings. The van der Waals surface area contributed by atoms with Gasteiger partial charge in [-0.1, -0.05) is 17.7 Å². The molecule has 1 atom stereocenters. The first kappa shape index (κ1) is 9.96. The summed E-state index contributed by atoms with van der Waals surface area (Å²) in [5.74, 6) is -0.532. The molecule has 0 aliphatic carbocycles. The lowest BCUT2D eigenvalue weighted by atomic mass is 10.1. The largest absolute Gasteiger partial charge is 0.389 e. The van der Waals surface area contributed by atoms with E-state index in [1.54, 1.807) is 13.0 Å². The number of benzene rings is 1. The molecule has 1 unspecified atom stereocenters. The SMILES string of the molecule is CC(O)c1ccc(Cl)c(F)c1Br. The lowest BCUT2D eigenvalue weighted by Crippen LogP contribution is -1.94. The van der Waals surface area contributed by atoms with E-state index in [0.717, 1.165) is 0 Å². The summed E-state index contributed by atoms with van der Waals surface area (Å²) < 4.78 is 13.3. The Morgan fingerprint density at radius 1 is 1.58 bits per heavy atom. The fourth-order valence-electron chi connectivity index (χ4n) is 0.863. The molecule has 0 radical (unpaired) electrons. The molecule has 1 aromatic carbocycles. The normalized spacial score (nSPS) is 13.1. The molecule has 12 heavy (non-hydrogen) atoms. The monoisotopic (exact) mass is 252 g/mol. The molecule has 0 aliphatic rings. The predicted octanol–water partition coefficient (Wildman–Crippen LogP) is 3.29. The minimum absolute atomic E-state index is 0.0475. The molecule has 0 aliphatic heterocycles. The first-order valence-corrected chi connectivity index (χ1v) is 4.52. The highest BCUT2D eigenvalue weighted by Gasteiger charge is 2.12. The van der Waals surface area contributed by atoms with Crippen LogP contribution in [-0.4, -0.2) is 5.11 Å². The van der Waals surface area contributed by atoms with Crippen LogP contribution in [0.5, 0.6) is 0 Å². The standard InChI is InChI=1S/C8H7BrClFO/c1-4(12)5-2-3-6(10)8(11)7(5)9/h2-4,12H,1H3. The van der Waals surface area contributed by atoms with Crippen LogP contribution in [0.3, 0.4) is 0 Å². The van der Waals surface area contributed by atoms with E-state index < -0.39 is 11.9 Å². The molecule has 1 N–H and O–H groups in total. The Morgan fingerprint density at radius 2 is 2.17 bits per heavy atom. The second kappa shape index (κ2) is 3.73. The van der Waals surface area contributed by atoms with Gasteiger partial charge in [-0.3, -0.25) is 0 Å². The Morgan fingerprint density at radius 3 is 2.67 bits per heavy atom. The number of rotatable bonds is 1. The predicted molar refractivity (Wildman–Crippen MR) is 49.7 cm³/mol. The quantitative estimate of drug-likeness (QED) is 0.762. The molecular weight excluding hydrogens is 246 g/mol. The summed E-state index contributed by atoms with van der Waals surface area (Å²) >= 11 is 8.52. The maximum atomic E-state index is 13.1. The molecule has 0 bridgehead atoms. The van der Waals surface area contributed by atoms with Gasteiger partial charge in [0, 0.05) is 0 Å². The highest BCUT2D eigenvalue weighted by atomic mass is 79.9. The molecule has 0 heterocycles. The van der Waals surface area contributed by atoms with Crippen LogP contribution >= 0.6 is 27.5 Å². The van der Waals surface area contributed by atoms with E-state index in [2.05, 4.69) is 15.9 Å². The second-order valence-corrected chi connectivity index (χ2v) is 3.64. The summed E-state index contributed by atoms with van der Waals surface area (Å²) in [6.07, 6.45) is -0.703. The van der Waals surface area contributed by atoms with Gasteiger partial charge in [-0.25, -0.2) is 4.39 Å². The molecule has 66 valence electrons. The van der Waals surface area contributed by atoms with E-state index in [0.29, 0.717) is 5.56 Å². The third-order valence-electron chi connectivity index (χ3n) is 1.52. The van der Waals surface area contributed by atoms with Crippen molar-refractivity contribution < 1.29 is 9.50 Å². The van der Waals surface area contributed by atoms with Gasteiger partial charge in [0.25, 0.3) is 0 Å². The maximum Gasteiger partial charge on any atom is 0.156 e. The third-order valence-corrected chi connectivity index (χ3v) is 2.61. The van der Waals surface area contributed by atoms with Gasteiger partial charge in [0.1, 0.15) is 0 Å². The van der Waals surface area contributed by atoms with Crippen LogP contribution in [0.4, 0.5) is 4.39 Å². The Hall–Kier alpha value is -0.120. The lowest BCUT2D eigenvalue weighted by molar-refractivity contribution is 0.198. The highest BCUT2D eigenvalue weighted by molar-refractivity contribution is 9.10. The zero-order valence-electron chi connectivity index (χ0n) is 6.31. The van der Waals surface area contributed by atoms with Crippen molar-refractivity contribution in [3.05, 3.63) is 33.0 Å². The van der Waals surface area contributed by atoms with Crippen LogP contribution in [0.15, 0.2) is 16.6 Å². The van der Waals surface area contributed by atoms with Crippen molar-refractivity contribution in [1.29, 1.82) is 0 Å². The molecule has 4 heteroatoms. The van der Waals surface area contributed by atoms with Crippen molar-refractivity contribution in [2.24, 2.45) is 0 Å². The van der Waals surface area contributed by atoms with Crippen LogP contribution in [0, 0.1) is 5.82 Å². The van der Waals surface area contributed by atoms with Crippen LogP contribution in [-0.2, 0) is 0 Å². The molecule has 0 spiro atoms. The van der Waals surface area contributed by atoms with Crippen molar-refractivity contribution >= 4 is 27.5 Å². The van der Waals surface area contributed by atoms with E-state index in [4.69, 9.17) is 11.6 Å². The van der Waals surface area contributed by atoms with Crippen LogP contribution in [0.25, 0.3) is 0 Å². The van der Waals surface area contributed by atoms with E-state index in [9.17, 15) is 9.50 Å². The zero-order valence-corrected chi connectivity index (χ0v) is 8.66. The van der Waals surface area contributed by atoms with Crippen molar-refractivity contribution in [1.82, 2.24) is 0 Å². The topological polar surface area (TPSA) is 20.2 Å². The average Bonchev–Trinajstić information content (AvgIpc) is 2.00. The Balaban J connectivity index is 3.27. The number of halogens is 3. The van der Waals surface area contributed by atoms with Gasteiger partial charge in [-0.05, 0) is 34.5 Å². The third kappa shape index (κ3) is 1.79. The number of aliphatic hydroxyl groups excluding tert-OH is 1. The minimum atomic E-state index is -0.703. The Kier molecular flexibility index (Phi) is 3.09. The summed E-state index contributed by atoms with van der Waals surface area (Å²) in [4.78, 5) is 0. The first-order valence-electron chi connectivity index (χ1n) is 3.35. The molecule has 0 fully saturated rings. The minimum Gasteiger partial charge on any atom is -0.389 e. The van der Waals surface area contributed by atoms with E-state index in [1.165, 1.54) is 6.07 Å². The van der Waals surface area contributed by atoms with Crippen molar-refractivity contribution in [3.63, 3.8) is 0 Å². The van der Waals surface area contributed by atoms with Gasteiger partial charge >= 0.3 is 0 Å². The number of hydrogen-bond acceptors (Lipinski definition) is 1. The van der Waals surface area contributed by atoms with Crippen LogP contribution in [0.1, 0.15) is 18.6 Å². The Bertz CT molecular complexity index is 301. The van der Waals surface area contributed by atoms with Crippen LogP contribution in [0.2, 0.25) is 5.02 Å². The summed E-state index contributed by atoms with van der Waals surface area (Å²) in [6, 6.07) is 3.00. The zero-order chi connectivity index (χ0) is 9.30. The van der Waals surface area contributed by atoms with Gasteiger partial charge in [0.15, 0.2) is 5.82 Å². The molecule has 1 nitrogen and oxygen atoms in total. The van der Waals surface area contributed by atoms with Crippen molar-refractivity contribution in [2.75, 3.05) is 0 Å². The summed E-state index contributed by atoms with van der Waals surface area (Å²) in [6.45, 7) is 1.56. The molecule has 0 amide bonds. The number of aliphatic hydroxyl groups is 1. The first-order chi connectivity index (χ1) is 5.54. The Labute approximate surface area is 83.3 Å². The van der Waals surface area contributed by atoms with Gasteiger partial charge in [-0.2, -0.15) is 0 Å². The van der Waals surface area contributed by atoms with E-state index in [-0.39, 0.29) is 9.50 Å². The maximum absolute atomic E-state index is 13.1. The van der Waals surface area contributed by atoms with Gasteiger partial charge in [0.2, 0.25) is 0 Å². The second-order valence-electron chi connectivity index (χ2n) is 2.44. The van der Waals surface area contributed by atoms with Crippen molar-refractivity contribution in [3.8, 4) is 0 Å². The number of hydrogen-bond donors (Lipinski definition) is 1. The summed E-state index contributed by atoms with van der Waals surface area (Å²) in [5, 5.41) is 9.23. The molecule has 0 saturated carbocycles. The fourth-order valence-corrected chi connectivity index (χ4v) is 1.81. The van der Waals surface area contributed by atoms with E-state index >= 15 is 0 Å². The highest BCUT2D eigenvalue weighted by Crippen LogP contribution is 2.30. The molecule has 0 aromatic heterocycles. The van der Waals surface area contributed by atoms with E-state index in [1.807, 2.05) is 0 Å². The molecule has 1 rings (SSSR count). The van der Waals surface area contributed by atoms with Crippen LogP contribution < -0.4 is 0 Å². The molecule has 0 saturated heterocycles. The summed E-state index contributed by atoms with van der Waals surface area (Å²) in [7, 11) is 0. The van der Waals surface area contributed by atoms with Gasteiger partial charge in [-0.15, -0.1) is 0 Å². The van der Waals surface area contributed by atoms with Gasteiger partial charge in [0.05, 0.1) is 15.6 Å². The average molecular weight is 253 g/mol. The van der Waals surface area contributed by atoms with Crippen molar-refractivity contribution in [2.45, 2.75) is 13.0 Å². The molecular formula is C8H7BrClFO. The lowest BCUT2D eigenvalue weighted by Gasteiger charge is -2.08. The smallest absolute Gasteiger partial charge is 0.156 e. The fraction of sp³-hybridized carbons (Fsp3) is 0.250. The summed E-state index contributed by atoms with van der Waals surface area (Å²) in [5.41, 5.74) is 0.497. The van der Waals surface area contributed by atoms with Gasteiger partial charge < -0.3 is 5.11 Å².